The van der Waals surface area contributed by atoms with Crippen molar-refractivity contribution in [2.24, 2.45) is 5.92 Å². The molecule has 0 saturated heterocycles. The van der Waals surface area contributed by atoms with Crippen molar-refractivity contribution < 1.29 is 4.79 Å². The fourth-order valence-corrected chi connectivity index (χ4v) is 4.23. The molecule has 1 amide bonds. The van der Waals surface area contributed by atoms with E-state index in [1.807, 2.05) is 31.2 Å². The van der Waals surface area contributed by atoms with E-state index in [0.717, 1.165) is 27.2 Å². The molecule has 0 atom stereocenters. The number of hydrogen-bond acceptors (Lipinski definition) is 8. The smallest absolute Gasteiger partial charge is 0.233 e. The summed E-state index contributed by atoms with van der Waals surface area (Å²) in [5, 5.41) is 7.40. The molecule has 144 valence electrons. The first kappa shape index (κ1) is 19.3. The van der Waals surface area contributed by atoms with Gasteiger partial charge in [-0.3, -0.25) is 10.1 Å². The second-order valence-electron chi connectivity index (χ2n) is 6.20. The number of anilines is 3. The van der Waals surface area contributed by atoms with Crippen molar-refractivity contribution in [3.8, 4) is 0 Å². The summed E-state index contributed by atoms with van der Waals surface area (Å²) in [5.74, 6) is 1.49. The predicted molar refractivity (Wildman–Crippen MR) is 114 cm³/mol. The van der Waals surface area contributed by atoms with Gasteiger partial charge in [-0.15, -0.1) is 0 Å². The Hall–Kier alpha value is -2.04. The molecule has 0 unspecified atom stereocenters. The third kappa shape index (κ3) is 5.06. The van der Waals surface area contributed by atoms with E-state index in [-0.39, 0.29) is 11.8 Å². The maximum Gasteiger partial charge on any atom is 0.233 e. The molecule has 7 nitrogen and oxygen atoms in total. The van der Waals surface area contributed by atoms with Crippen LogP contribution in [0.25, 0.3) is 0 Å². The molecule has 2 N–H and O–H groups in total. The SMILES string of the molecule is CCc1nc(Nc2ncc(Br)s2)nc(Sc2ccc(NC(=O)C3CC3)cc2)n1. The van der Waals surface area contributed by atoms with Crippen LogP contribution in [0.15, 0.2) is 44.3 Å². The lowest BCUT2D eigenvalue weighted by Crippen LogP contribution is -2.12. The summed E-state index contributed by atoms with van der Waals surface area (Å²) < 4.78 is 0.934. The number of thiazole rings is 1. The molecule has 0 spiro atoms. The van der Waals surface area contributed by atoms with E-state index in [0.29, 0.717) is 28.5 Å². The Kier molecular flexibility index (Phi) is 5.88. The summed E-state index contributed by atoms with van der Waals surface area (Å²) in [4.78, 5) is 30.5. The van der Waals surface area contributed by atoms with E-state index in [1.54, 1.807) is 6.20 Å². The van der Waals surface area contributed by atoms with Gasteiger partial charge in [0.15, 0.2) is 10.3 Å². The van der Waals surface area contributed by atoms with Crippen LogP contribution in [0.1, 0.15) is 25.6 Å². The molecule has 1 aliphatic carbocycles. The normalized spacial score (nSPS) is 13.4. The molecule has 3 aromatic rings. The summed E-state index contributed by atoms with van der Waals surface area (Å²) in [6.45, 7) is 2.00. The number of aromatic nitrogens is 4. The van der Waals surface area contributed by atoms with Gasteiger partial charge in [0.05, 0.1) is 9.98 Å². The van der Waals surface area contributed by atoms with E-state index >= 15 is 0 Å². The third-order valence-electron chi connectivity index (χ3n) is 3.95. The van der Waals surface area contributed by atoms with E-state index in [9.17, 15) is 4.79 Å². The van der Waals surface area contributed by atoms with Crippen molar-refractivity contribution in [2.45, 2.75) is 36.2 Å². The van der Waals surface area contributed by atoms with Gasteiger partial charge in [-0.1, -0.05) is 18.3 Å². The van der Waals surface area contributed by atoms with Gasteiger partial charge in [0.25, 0.3) is 0 Å². The van der Waals surface area contributed by atoms with Crippen LogP contribution >= 0.6 is 39.0 Å². The van der Waals surface area contributed by atoms with Crippen LogP contribution in [0.3, 0.4) is 0 Å². The van der Waals surface area contributed by atoms with E-state index < -0.39 is 0 Å². The molecule has 0 radical (unpaired) electrons. The third-order valence-corrected chi connectivity index (χ3v) is 6.22. The van der Waals surface area contributed by atoms with Crippen molar-refractivity contribution in [3.63, 3.8) is 0 Å². The first-order valence-corrected chi connectivity index (χ1v) is 11.2. The highest BCUT2D eigenvalue weighted by Gasteiger charge is 2.29. The number of hydrogen-bond donors (Lipinski definition) is 2. The fraction of sp³-hybridized carbons (Fsp3) is 0.278. The largest absolute Gasteiger partial charge is 0.326 e. The Labute approximate surface area is 179 Å². The average molecular weight is 477 g/mol. The van der Waals surface area contributed by atoms with Crippen molar-refractivity contribution in [3.05, 3.63) is 40.1 Å². The summed E-state index contributed by atoms with van der Waals surface area (Å²) in [7, 11) is 0. The maximum atomic E-state index is 11.9. The number of nitrogens with zero attached hydrogens (tertiary/aromatic N) is 4. The highest BCUT2D eigenvalue weighted by molar-refractivity contribution is 9.11. The topological polar surface area (TPSA) is 92.7 Å². The van der Waals surface area contributed by atoms with Crippen LogP contribution < -0.4 is 10.6 Å². The van der Waals surface area contributed by atoms with Crippen molar-refractivity contribution in [1.29, 1.82) is 0 Å². The van der Waals surface area contributed by atoms with Crippen molar-refractivity contribution >= 4 is 61.7 Å². The summed E-state index contributed by atoms with van der Waals surface area (Å²) >= 11 is 6.32. The lowest BCUT2D eigenvalue weighted by Gasteiger charge is -2.07. The minimum Gasteiger partial charge on any atom is -0.326 e. The molecule has 0 bridgehead atoms. The predicted octanol–water partition coefficient (Wildman–Crippen LogP) is 4.90. The molecule has 1 aliphatic rings. The first-order valence-electron chi connectivity index (χ1n) is 8.81. The van der Waals surface area contributed by atoms with Gasteiger partial charge in [-0.25, -0.2) is 9.97 Å². The zero-order valence-electron chi connectivity index (χ0n) is 15.0. The molecule has 1 aromatic carbocycles. The van der Waals surface area contributed by atoms with Gasteiger partial charge in [0, 0.05) is 22.9 Å². The highest BCUT2D eigenvalue weighted by atomic mass is 79.9. The Bertz CT molecular complexity index is 990. The Morgan fingerprint density at radius 3 is 2.68 bits per heavy atom. The molecular weight excluding hydrogens is 460 g/mol. The first-order chi connectivity index (χ1) is 13.6. The maximum absolute atomic E-state index is 11.9. The Morgan fingerprint density at radius 2 is 2.04 bits per heavy atom. The Balaban J connectivity index is 1.47. The quantitative estimate of drug-likeness (QED) is 0.500. The molecule has 10 heteroatoms. The molecule has 1 fully saturated rings. The van der Waals surface area contributed by atoms with Gasteiger partial charge in [-0.2, -0.15) is 9.97 Å². The van der Waals surface area contributed by atoms with Gasteiger partial charge in [-0.05, 0) is 64.8 Å². The molecular formula is C18H17BrN6OS2. The number of benzene rings is 1. The van der Waals surface area contributed by atoms with Crippen LogP contribution in [0, 0.1) is 5.92 Å². The average Bonchev–Trinajstić information content (AvgIpc) is 3.46. The summed E-state index contributed by atoms with van der Waals surface area (Å²) in [6, 6.07) is 7.70. The summed E-state index contributed by atoms with van der Waals surface area (Å²) in [6.07, 6.45) is 4.42. The van der Waals surface area contributed by atoms with Crippen molar-refractivity contribution in [1.82, 2.24) is 19.9 Å². The lowest BCUT2D eigenvalue weighted by atomic mass is 10.3. The van der Waals surface area contributed by atoms with Gasteiger partial charge >= 0.3 is 0 Å². The number of rotatable bonds is 7. The van der Waals surface area contributed by atoms with Gasteiger partial charge in [0.2, 0.25) is 11.9 Å². The fourth-order valence-electron chi connectivity index (χ4n) is 2.37. The number of aryl methyl sites for hydroxylation is 1. The number of amides is 1. The standard InChI is InChI=1S/C18H17BrN6OS2/c1-2-14-22-16(24-17-20-9-13(19)28-17)25-18(23-14)27-12-7-5-11(6-8-12)21-15(26)10-3-4-10/h5-10H,2-4H2,1H3,(H,21,26)(H,20,22,23,24,25). The number of nitrogens with one attached hydrogen (secondary N) is 2. The second-order valence-corrected chi connectivity index (χ2v) is 9.65. The van der Waals surface area contributed by atoms with E-state index in [2.05, 4.69) is 46.5 Å². The minimum atomic E-state index is 0.106. The summed E-state index contributed by atoms with van der Waals surface area (Å²) in [5.41, 5.74) is 0.808. The molecule has 4 rings (SSSR count). The van der Waals surface area contributed by atoms with Crippen LogP contribution in [-0.4, -0.2) is 25.8 Å². The number of carbonyl (C=O) groups excluding carboxylic acids is 1. The van der Waals surface area contributed by atoms with Gasteiger partial charge < -0.3 is 5.32 Å². The zero-order chi connectivity index (χ0) is 19.5. The molecule has 2 aromatic heterocycles. The van der Waals surface area contributed by atoms with Crippen LogP contribution in [0.2, 0.25) is 0 Å². The molecule has 28 heavy (non-hydrogen) atoms. The van der Waals surface area contributed by atoms with Crippen LogP contribution in [0.5, 0.6) is 0 Å². The lowest BCUT2D eigenvalue weighted by molar-refractivity contribution is -0.117. The molecule has 2 heterocycles. The minimum absolute atomic E-state index is 0.106. The second kappa shape index (κ2) is 8.54. The van der Waals surface area contributed by atoms with Crippen LogP contribution in [-0.2, 0) is 11.2 Å². The molecule has 1 saturated carbocycles. The number of carbonyl (C=O) groups is 1. The van der Waals surface area contributed by atoms with E-state index in [4.69, 9.17) is 0 Å². The highest BCUT2D eigenvalue weighted by Crippen LogP contribution is 2.31. The monoisotopic (exact) mass is 476 g/mol. The molecule has 0 aliphatic heterocycles. The number of halogens is 1. The van der Waals surface area contributed by atoms with Gasteiger partial charge in [0.1, 0.15) is 5.82 Å². The van der Waals surface area contributed by atoms with E-state index in [1.165, 1.54) is 23.1 Å². The van der Waals surface area contributed by atoms with Crippen LogP contribution in [0.4, 0.5) is 16.8 Å². The van der Waals surface area contributed by atoms with Crippen molar-refractivity contribution in [2.75, 3.05) is 10.6 Å². The zero-order valence-corrected chi connectivity index (χ0v) is 18.2. The Morgan fingerprint density at radius 1 is 1.25 bits per heavy atom.